The molecular weight excluding hydrogens is 310 g/mol. The van der Waals surface area contributed by atoms with E-state index in [2.05, 4.69) is 15.6 Å². The van der Waals surface area contributed by atoms with Crippen LogP contribution < -0.4 is 10.6 Å². The average Bonchev–Trinajstić information content (AvgIpc) is 3.00. The normalized spacial score (nSPS) is 11.3. The first kappa shape index (κ1) is 17.4. The lowest BCUT2D eigenvalue weighted by molar-refractivity contribution is 0.0354. The van der Waals surface area contributed by atoms with Crippen molar-refractivity contribution in [2.24, 2.45) is 0 Å². The number of nitrogens with one attached hydrogen (secondary N) is 2. The van der Waals surface area contributed by atoms with Crippen molar-refractivity contribution in [1.29, 1.82) is 0 Å². The molecule has 0 aliphatic rings. The zero-order valence-electron chi connectivity index (χ0n) is 13.7. The number of hydrogen-bond donors (Lipinski definition) is 3. The zero-order chi connectivity index (χ0) is 16.9. The summed E-state index contributed by atoms with van der Waals surface area (Å²) < 4.78 is 0. The summed E-state index contributed by atoms with van der Waals surface area (Å²) in [6.07, 6.45) is 1.21. The number of carbonyl (C=O) groups excluding carboxylic acids is 1. The maximum absolute atomic E-state index is 11.9. The topological polar surface area (TPSA) is 74.2 Å². The van der Waals surface area contributed by atoms with Crippen molar-refractivity contribution >= 4 is 23.1 Å². The van der Waals surface area contributed by atoms with Gasteiger partial charge in [0.1, 0.15) is 0 Å². The van der Waals surface area contributed by atoms with Gasteiger partial charge < -0.3 is 15.7 Å². The van der Waals surface area contributed by atoms with E-state index in [1.165, 1.54) is 0 Å². The summed E-state index contributed by atoms with van der Waals surface area (Å²) in [4.78, 5) is 16.3. The van der Waals surface area contributed by atoms with E-state index in [0.29, 0.717) is 18.5 Å². The molecule has 23 heavy (non-hydrogen) atoms. The van der Waals surface area contributed by atoms with E-state index in [9.17, 15) is 9.90 Å². The Kier molecular flexibility index (Phi) is 5.74. The van der Waals surface area contributed by atoms with Crippen LogP contribution in [0.3, 0.4) is 0 Å². The number of aromatic nitrogens is 1. The first-order chi connectivity index (χ1) is 11.0. The molecule has 0 bridgehead atoms. The minimum atomic E-state index is -0.844. The van der Waals surface area contributed by atoms with Crippen LogP contribution in [0.25, 0.3) is 11.3 Å². The summed E-state index contributed by atoms with van der Waals surface area (Å²) in [7, 11) is 0. The van der Waals surface area contributed by atoms with E-state index in [1.807, 2.05) is 50.4 Å². The lowest BCUT2D eigenvalue weighted by Crippen LogP contribution is -2.43. The summed E-state index contributed by atoms with van der Waals surface area (Å²) in [6, 6.07) is 7.23. The van der Waals surface area contributed by atoms with Gasteiger partial charge in [0, 0.05) is 23.2 Å². The maximum atomic E-state index is 11.9. The Labute approximate surface area is 140 Å². The van der Waals surface area contributed by atoms with E-state index in [0.717, 1.165) is 16.3 Å². The largest absolute Gasteiger partial charge is 0.388 e. The van der Waals surface area contributed by atoms with E-state index in [-0.39, 0.29) is 12.6 Å². The Morgan fingerprint density at radius 3 is 2.43 bits per heavy atom. The molecule has 0 saturated heterocycles. The van der Waals surface area contributed by atoms with Gasteiger partial charge in [0.2, 0.25) is 0 Å². The molecule has 2 amide bonds. The molecule has 1 heterocycles. The first-order valence-corrected chi connectivity index (χ1v) is 8.63. The Morgan fingerprint density at radius 1 is 1.26 bits per heavy atom. The highest BCUT2D eigenvalue weighted by atomic mass is 32.1. The van der Waals surface area contributed by atoms with E-state index < -0.39 is 5.60 Å². The van der Waals surface area contributed by atoms with Crippen molar-refractivity contribution in [3.05, 3.63) is 34.7 Å². The van der Waals surface area contributed by atoms with Gasteiger partial charge in [0.05, 0.1) is 16.3 Å². The predicted molar refractivity (Wildman–Crippen MR) is 94.8 cm³/mol. The maximum Gasteiger partial charge on any atom is 0.319 e. The minimum Gasteiger partial charge on any atom is -0.388 e. The number of anilines is 1. The molecule has 2 aromatic rings. The Balaban J connectivity index is 1.92. The number of nitrogens with zero attached hydrogens (tertiary/aromatic N) is 1. The molecule has 1 aromatic heterocycles. The monoisotopic (exact) mass is 333 g/mol. The highest BCUT2D eigenvalue weighted by Gasteiger charge is 2.22. The number of carbonyl (C=O) groups is 1. The van der Waals surface area contributed by atoms with Gasteiger partial charge in [-0.05, 0) is 31.9 Å². The van der Waals surface area contributed by atoms with Crippen LogP contribution in [0.15, 0.2) is 29.6 Å². The van der Waals surface area contributed by atoms with Crippen LogP contribution in [0.5, 0.6) is 0 Å². The average molecular weight is 333 g/mol. The second kappa shape index (κ2) is 7.57. The van der Waals surface area contributed by atoms with Gasteiger partial charge >= 0.3 is 6.03 Å². The lowest BCUT2D eigenvalue weighted by atomic mass is 9.98. The van der Waals surface area contributed by atoms with Crippen molar-refractivity contribution in [3.8, 4) is 11.3 Å². The SMILES string of the molecule is CCC(O)(CC)CNC(=O)Nc1ccc(-c2csc(C)n2)cc1. The van der Waals surface area contributed by atoms with Crippen molar-refractivity contribution in [3.63, 3.8) is 0 Å². The fourth-order valence-corrected chi connectivity index (χ4v) is 2.76. The number of urea groups is 1. The third kappa shape index (κ3) is 4.77. The number of amides is 2. The van der Waals surface area contributed by atoms with Crippen molar-refractivity contribution in [2.75, 3.05) is 11.9 Å². The van der Waals surface area contributed by atoms with Gasteiger partial charge in [0.25, 0.3) is 0 Å². The molecule has 3 N–H and O–H groups in total. The number of thiazole rings is 1. The number of rotatable bonds is 6. The molecule has 0 aliphatic carbocycles. The highest BCUT2D eigenvalue weighted by Crippen LogP contribution is 2.23. The molecule has 0 atom stereocenters. The van der Waals surface area contributed by atoms with Gasteiger partial charge in [-0.25, -0.2) is 9.78 Å². The minimum absolute atomic E-state index is 0.238. The Hall–Kier alpha value is -1.92. The quantitative estimate of drug-likeness (QED) is 0.753. The number of benzene rings is 1. The highest BCUT2D eigenvalue weighted by molar-refractivity contribution is 7.09. The van der Waals surface area contributed by atoms with Crippen LogP contribution in [0.2, 0.25) is 0 Å². The van der Waals surface area contributed by atoms with Crippen LogP contribution in [-0.2, 0) is 0 Å². The molecule has 0 radical (unpaired) electrons. The molecule has 0 spiro atoms. The predicted octanol–water partition coefficient (Wildman–Crippen LogP) is 3.79. The van der Waals surface area contributed by atoms with Crippen molar-refractivity contribution in [1.82, 2.24) is 10.3 Å². The number of aryl methyl sites for hydroxylation is 1. The molecule has 6 heteroatoms. The smallest absolute Gasteiger partial charge is 0.319 e. The van der Waals surface area contributed by atoms with Crippen LogP contribution >= 0.6 is 11.3 Å². The van der Waals surface area contributed by atoms with Crippen molar-refractivity contribution < 1.29 is 9.90 Å². The summed E-state index contributed by atoms with van der Waals surface area (Å²) in [6.45, 7) is 6.02. The Bertz CT molecular complexity index is 648. The third-order valence-electron chi connectivity index (χ3n) is 3.95. The van der Waals surface area contributed by atoms with Gasteiger partial charge in [-0.15, -0.1) is 11.3 Å². The number of hydrogen-bond acceptors (Lipinski definition) is 4. The summed E-state index contributed by atoms with van der Waals surface area (Å²) in [5.41, 5.74) is 1.82. The van der Waals surface area contributed by atoms with Crippen molar-refractivity contribution in [2.45, 2.75) is 39.2 Å². The van der Waals surface area contributed by atoms with Crippen LogP contribution in [-0.4, -0.2) is 28.3 Å². The fourth-order valence-electron chi connectivity index (χ4n) is 2.14. The Morgan fingerprint density at radius 2 is 1.91 bits per heavy atom. The van der Waals surface area contributed by atoms with Crippen LogP contribution in [0, 0.1) is 6.92 Å². The molecule has 0 saturated carbocycles. The third-order valence-corrected chi connectivity index (χ3v) is 4.73. The molecule has 0 unspecified atom stereocenters. The standard InChI is InChI=1S/C17H23N3O2S/c1-4-17(22,5-2)11-18-16(21)20-14-8-6-13(7-9-14)15-10-23-12(3)19-15/h6-10,22H,4-5,11H2,1-3H3,(H2,18,20,21). The number of aliphatic hydroxyl groups is 1. The molecule has 0 fully saturated rings. The van der Waals surface area contributed by atoms with Crippen LogP contribution in [0.1, 0.15) is 31.7 Å². The molecule has 1 aromatic carbocycles. The summed E-state index contributed by atoms with van der Waals surface area (Å²) >= 11 is 1.61. The molecule has 2 rings (SSSR count). The molecule has 0 aliphatic heterocycles. The molecule has 5 nitrogen and oxygen atoms in total. The fraction of sp³-hybridized carbons (Fsp3) is 0.412. The van der Waals surface area contributed by atoms with Gasteiger partial charge in [-0.2, -0.15) is 0 Å². The van der Waals surface area contributed by atoms with Gasteiger partial charge in [-0.3, -0.25) is 0 Å². The lowest BCUT2D eigenvalue weighted by Gasteiger charge is -2.25. The van der Waals surface area contributed by atoms with E-state index in [4.69, 9.17) is 0 Å². The zero-order valence-corrected chi connectivity index (χ0v) is 14.5. The summed E-state index contributed by atoms with van der Waals surface area (Å²) in [5.74, 6) is 0. The second-order valence-electron chi connectivity index (χ2n) is 5.57. The second-order valence-corrected chi connectivity index (χ2v) is 6.63. The van der Waals surface area contributed by atoms with Crippen LogP contribution in [0.4, 0.5) is 10.5 Å². The van der Waals surface area contributed by atoms with Gasteiger partial charge in [0.15, 0.2) is 0 Å². The van der Waals surface area contributed by atoms with E-state index >= 15 is 0 Å². The molecular formula is C17H23N3O2S. The van der Waals surface area contributed by atoms with E-state index in [1.54, 1.807) is 11.3 Å². The summed E-state index contributed by atoms with van der Waals surface area (Å²) in [5, 5.41) is 18.7. The molecule has 124 valence electrons. The van der Waals surface area contributed by atoms with Gasteiger partial charge in [-0.1, -0.05) is 26.0 Å². The first-order valence-electron chi connectivity index (χ1n) is 7.75.